The van der Waals surface area contributed by atoms with E-state index in [0.717, 1.165) is 20.7 Å². The summed E-state index contributed by atoms with van der Waals surface area (Å²) in [5.74, 6) is -1.48. The molecular weight excluding hydrogens is 606 g/mol. The topological polar surface area (TPSA) is 81.7 Å². The highest BCUT2D eigenvalue weighted by atomic mass is 79.9. The second-order valence-corrected chi connectivity index (χ2v) is 10.4. The number of thiocarbonyl (C=S) groups is 1. The zero-order valence-electron chi connectivity index (χ0n) is 17.0. The van der Waals surface area contributed by atoms with Crippen molar-refractivity contribution in [3.05, 3.63) is 97.3 Å². The number of hydrogen-bond donors (Lipinski definition) is 1. The van der Waals surface area contributed by atoms with Gasteiger partial charge in [-0.3, -0.25) is 4.79 Å². The summed E-state index contributed by atoms with van der Waals surface area (Å²) in [6, 6.07) is 17.9. The van der Waals surface area contributed by atoms with E-state index in [1.807, 2.05) is 0 Å². The fraction of sp³-hybridized carbons (Fsp3) is 0. The van der Waals surface area contributed by atoms with Crippen LogP contribution in [0.3, 0.4) is 0 Å². The molecule has 0 aromatic heterocycles. The van der Waals surface area contributed by atoms with Gasteiger partial charge in [-0.15, -0.1) is 0 Å². The van der Waals surface area contributed by atoms with Crippen molar-refractivity contribution in [2.75, 3.05) is 0 Å². The molecule has 1 heterocycles. The summed E-state index contributed by atoms with van der Waals surface area (Å²) < 4.78 is 13.1. The number of carbonyl (C=O) groups excluding carboxylic acids is 3. The van der Waals surface area contributed by atoms with E-state index in [1.165, 1.54) is 12.1 Å². The molecule has 1 aliphatic rings. The minimum absolute atomic E-state index is 0.0266. The van der Waals surface area contributed by atoms with E-state index in [9.17, 15) is 14.4 Å². The monoisotopic (exact) mass is 617 g/mol. The molecule has 0 saturated carbocycles. The fourth-order valence-corrected chi connectivity index (χ4v) is 4.41. The molecule has 1 fully saturated rings. The first-order valence-corrected chi connectivity index (χ1v) is 12.4. The zero-order valence-corrected chi connectivity index (χ0v) is 21.8. The van der Waals surface area contributed by atoms with Gasteiger partial charge in [0.25, 0.3) is 5.91 Å². The predicted molar refractivity (Wildman–Crippen MR) is 141 cm³/mol. The molecule has 34 heavy (non-hydrogen) atoms. The maximum Gasteiger partial charge on any atom is 0.343 e. The molecule has 170 valence electrons. The van der Waals surface area contributed by atoms with Gasteiger partial charge in [-0.25, -0.2) is 9.59 Å². The van der Waals surface area contributed by atoms with E-state index in [-0.39, 0.29) is 17.4 Å². The van der Waals surface area contributed by atoms with Crippen LogP contribution in [0, 0.1) is 0 Å². The lowest BCUT2D eigenvalue weighted by Gasteiger charge is -2.12. The molecule has 10 heteroatoms. The van der Waals surface area contributed by atoms with Gasteiger partial charge in [-0.2, -0.15) is 0 Å². The number of ether oxygens (including phenoxy) is 2. The third-order valence-electron chi connectivity index (χ3n) is 4.47. The Labute approximate surface area is 221 Å². The van der Waals surface area contributed by atoms with Gasteiger partial charge >= 0.3 is 11.9 Å². The highest BCUT2D eigenvalue weighted by Crippen LogP contribution is 2.33. The molecule has 0 aliphatic carbocycles. The van der Waals surface area contributed by atoms with Crippen LogP contribution in [-0.2, 0) is 4.79 Å². The normalized spacial score (nSPS) is 14.1. The number of benzene rings is 3. The summed E-state index contributed by atoms with van der Waals surface area (Å²) in [4.78, 5) is 37.8. The standard InChI is InChI=1S/C24H13Br2NO5S2/c25-16-6-2-14(3-7-16)22(29)31-18-10-1-13(12-20-21(28)27-24(33)34-20)11-19(18)32-23(30)15-4-8-17(26)9-5-15/h1-12H,(H,27,28,33). The molecule has 0 bridgehead atoms. The van der Waals surface area contributed by atoms with Crippen molar-refractivity contribution in [1.29, 1.82) is 0 Å². The van der Waals surface area contributed by atoms with Crippen molar-refractivity contribution in [3.8, 4) is 11.5 Å². The third kappa shape index (κ3) is 6.01. The summed E-state index contributed by atoms with van der Waals surface area (Å²) in [6.45, 7) is 0. The van der Waals surface area contributed by atoms with Crippen LogP contribution in [0.25, 0.3) is 6.08 Å². The molecule has 0 atom stereocenters. The van der Waals surface area contributed by atoms with Crippen LogP contribution in [0.15, 0.2) is 80.6 Å². The lowest BCUT2D eigenvalue weighted by atomic mass is 10.1. The number of halogens is 2. The van der Waals surface area contributed by atoms with Crippen molar-refractivity contribution < 1.29 is 23.9 Å². The van der Waals surface area contributed by atoms with E-state index >= 15 is 0 Å². The van der Waals surface area contributed by atoms with Crippen molar-refractivity contribution in [3.63, 3.8) is 0 Å². The molecule has 0 radical (unpaired) electrons. The Bertz CT molecular complexity index is 1340. The second kappa shape index (κ2) is 10.6. The Morgan fingerprint density at radius 3 is 1.85 bits per heavy atom. The second-order valence-electron chi connectivity index (χ2n) is 6.85. The summed E-state index contributed by atoms with van der Waals surface area (Å²) in [6.07, 6.45) is 1.61. The van der Waals surface area contributed by atoms with Gasteiger partial charge in [0.05, 0.1) is 16.0 Å². The first-order valence-electron chi connectivity index (χ1n) is 9.63. The number of hydrogen-bond acceptors (Lipinski definition) is 7. The average Bonchev–Trinajstić information content (AvgIpc) is 3.12. The summed E-state index contributed by atoms with van der Waals surface area (Å²) >= 11 is 12.8. The van der Waals surface area contributed by atoms with Gasteiger partial charge in [0, 0.05) is 8.95 Å². The number of thioether (sulfide) groups is 1. The van der Waals surface area contributed by atoms with Gasteiger partial charge in [0.1, 0.15) is 4.32 Å². The van der Waals surface area contributed by atoms with E-state index in [1.54, 1.807) is 60.7 Å². The number of esters is 2. The molecule has 1 N–H and O–H groups in total. The Kier molecular flexibility index (Phi) is 7.62. The van der Waals surface area contributed by atoms with E-state index in [0.29, 0.717) is 25.9 Å². The molecule has 1 saturated heterocycles. The maximum atomic E-state index is 12.7. The molecule has 1 amide bonds. The third-order valence-corrected chi connectivity index (χ3v) is 6.69. The quantitative estimate of drug-likeness (QED) is 0.159. The average molecular weight is 619 g/mol. The SMILES string of the molecule is O=C1NC(=S)SC1=Cc1ccc(OC(=O)c2ccc(Br)cc2)c(OC(=O)c2ccc(Br)cc2)c1. The first kappa shape index (κ1) is 24.3. The maximum absolute atomic E-state index is 12.7. The minimum atomic E-state index is -0.632. The number of carbonyl (C=O) groups is 3. The molecular formula is C24H13Br2NO5S2. The molecule has 3 aromatic carbocycles. The number of rotatable bonds is 5. The van der Waals surface area contributed by atoms with E-state index < -0.39 is 11.9 Å². The Morgan fingerprint density at radius 2 is 1.35 bits per heavy atom. The highest BCUT2D eigenvalue weighted by Gasteiger charge is 2.23. The van der Waals surface area contributed by atoms with Crippen molar-refractivity contribution in [2.45, 2.75) is 0 Å². The van der Waals surface area contributed by atoms with E-state index in [4.69, 9.17) is 21.7 Å². The molecule has 0 unspecified atom stereocenters. The van der Waals surface area contributed by atoms with Gasteiger partial charge in [0.15, 0.2) is 11.5 Å². The van der Waals surface area contributed by atoms with Gasteiger partial charge < -0.3 is 14.8 Å². The lowest BCUT2D eigenvalue weighted by Crippen LogP contribution is -2.17. The smallest absolute Gasteiger partial charge is 0.343 e. The largest absolute Gasteiger partial charge is 0.419 e. The van der Waals surface area contributed by atoms with Crippen LogP contribution in [-0.4, -0.2) is 22.2 Å². The van der Waals surface area contributed by atoms with Crippen molar-refractivity contribution in [2.24, 2.45) is 0 Å². The fourth-order valence-electron chi connectivity index (χ4n) is 2.84. The zero-order chi connectivity index (χ0) is 24.2. The van der Waals surface area contributed by atoms with Crippen LogP contribution < -0.4 is 14.8 Å². The van der Waals surface area contributed by atoms with Crippen LogP contribution >= 0.6 is 55.8 Å². The van der Waals surface area contributed by atoms with Crippen LogP contribution in [0.1, 0.15) is 26.3 Å². The first-order chi connectivity index (χ1) is 16.3. The van der Waals surface area contributed by atoms with Gasteiger partial charge in [-0.1, -0.05) is 61.9 Å². The summed E-state index contributed by atoms with van der Waals surface area (Å²) in [7, 11) is 0. The molecule has 4 rings (SSSR count). The Hall–Kier alpha value is -2.79. The lowest BCUT2D eigenvalue weighted by molar-refractivity contribution is -0.115. The molecule has 1 aliphatic heterocycles. The van der Waals surface area contributed by atoms with Crippen molar-refractivity contribution in [1.82, 2.24) is 5.32 Å². The Morgan fingerprint density at radius 1 is 0.824 bits per heavy atom. The highest BCUT2D eigenvalue weighted by molar-refractivity contribution is 9.10. The van der Waals surface area contributed by atoms with Gasteiger partial charge in [0.2, 0.25) is 0 Å². The molecule has 3 aromatic rings. The predicted octanol–water partition coefficient (Wildman–Crippen LogP) is 6.14. The Balaban J connectivity index is 1.65. The number of nitrogens with one attached hydrogen (secondary N) is 1. The van der Waals surface area contributed by atoms with Crippen LogP contribution in [0.2, 0.25) is 0 Å². The van der Waals surface area contributed by atoms with Gasteiger partial charge in [-0.05, 0) is 72.3 Å². The van der Waals surface area contributed by atoms with Crippen molar-refractivity contribution >= 4 is 84.1 Å². The summed E-state index contributed by atoms with van der Waals surface area (Å²) in [5.41, 5.74) is 1.20. The molecule has 0 spiro atoms. The number of amides is 1. The summed E-state index contributed by atoms with van der Waals surface area (Å²) in [5, 5.41) is 2.54. The minimum Gasteiger partial charge on any atom is -0.419 e. The van der Waals surface area contributed by atoms with E-state index in [2.05, 4.69) is 37.2 Å². The van der Waals surface area contributed by atoms with Crippen LogP contribution in [0.5, 0.6) is 11.5 Å². The molecule has 6 nitrogen and oxygen atoms in total. The van der Waals surface area contributed by atoms with Crippen LogP contribution in [0.4, 0.5) is 0 Å².